The second kappa shape index (κ2) is 8.26. The van der Waals surface area contributed by atoms with Gasteiger partial charge >= 0.3 is 0 Å². The molecule has 2 heterocycles. The van der Waals surface area contributed by atoms with Crippen molar-refractivity contribution in [3.8, 4) is 23.2 Å². The number of ether oxygens (including phenoxy) is 2. The Morgan fingerprint density at radius 3 is 2.31 bits per heavy atom. The van der Waals surface area contributed by atoms with Crippen molar-refractivity contribution in [2.75, 3.05) is 12.4 Å². The van der Waals surface area contributed by atoms with E-state index in [9.17, 15) is 4.79 Å². The van der Waals surface area contributed by atoms with Gasteiger partial charge in [0.25, 0.3) is 5.91 Å². The van der Waals surface area contributed by atoms with Crippen molar-refractivity contribution >= 4 is 11.6 Å². The highest BCUT2D eigenvalue weighted by molar-refractivity contribution is 6.04. The van der Waals surface area contributed by atoms with Crippen molar-refractivity contribution in [1.29, 1.82) is 0 Å². The molecule has 7 heteroatoms. The van der Waals surface area contributed by atoms with Gasteiger partial charge in [0.2, 0.25) is 5.88 Å². The lowest BCUT2D eigenvalue weighted by Gasteiger charge is -2.09. The van der Waals surface area contributed by atoms with Gasteiger partial charge in [0.05, 0.1) is 7.11 Å². The molecule has 0 radical (unpaired) electrons. The molecule has 1 N–H and O–H groups in total. The molecule has 0 spiro atoms. The van der Waals surface area contributed by atoms with Crippen LogP contribution in [0, 0.1) is 0 Å². The van der Waals surface area contributed by atoms with Crippen LogP contribution >= 0.6 is 0 Å². The number of rotatable bonds is 6. The zero-order valence-corrected chi connectivity index (χ0v) is 15.6. The molecule has 144 valence electrons. The molecule has 29 heavy (non-hydrogen) atoms. The second-order valence-electron chi connectivity index (χ2n) is 6.11. The molecular formula is C22H18N4O3. The van der Waals surface area contributed by atoms with E-state index in [0.29, 0.717) is 34.4 Å². The van der Waals surface area contributed by atoms with E-state index in [1.54, 1.807) is 61.7 Å². The van der Waals surface area contributed by atoms with E-state index in [2.05, 4.69) is 15.3 Å². The number of hydrogen-bond acceptors (Lipinski definition) is 5. The topological polar surface area (TPSA) is 78.3 Å². The van der Waals surface area contributed by atoms with Crippen LogP contribution in [0.3, 0.4) is 0 Å². The average molecular weight is 386 g/mol. The molecule has 2 aromatic carbocycles. The number of nitrogens with one attached hydrogen (secondary N) is 1. The van der Waals surface area contributed by atoms with E-state index >= 15 is 0 Å². The molecule has 1 amide bonds. The van der Waals surface area contributed by atoms with Gasteiger partial charge in [0.1, 0.15) is 23.6 Å². The number of carbonyl (C=O) groups excluding carboxylic acids is 1. The van der Waals surface area contributed by atoms with E-state index in [1.807, 2.05) is 29.1 Å². The lowest BCUT2D eigenvalue weighted by molar-refractivity contribution is 0.102. The fourth-order valence-corrected chi connectivity index (χ4v) is 2.69. The smallest absolute Gasteiger partial charge is 0.255 e. The van der Waals surface area contributed by atoms with Crippen LogP contribution < -0.4 is 14.8 Å². The van der Waals surface area contributed by atoms with Crippen LogP contribution in [-0.4, -0.2) is 27.6 Å². The highest BCUT2D eigenvalue weighted by Crippen LogP contribution is 2.23. The van der Waals surface area contributed by atoms with Gasteiger partial charge in [-0.25, -0.2) is 9.97 Å². The van der Waals surface area contributed by atoms with Gasteiger partial charge in [-0.3, -0.25) is 4.79 Å². The lowest BCUT2D eigenvalue weighted by Crippen LogP contribution is -2.11. The molecule has 0 saturated heterocycles. The minimum Gasteiger partial charge on any atom is -0.497 e. The third-order valence-electron chi connectivity index (χ3n) is 4.18. The maximum Gasteiger partial charge on any atom is 0.255 e. The number of methoxy groups -OCH3 is 1. The van der Waals surface area contributed by atoms with Gasteiger partial charge in [-0.2, -0.15) is 0 Å². The molecule has 0 atom stereocenters. The Morgan fingerprint density at radius 1 is 0.931 bits per heavy atom. The fourth-order valence-electron chi connectivity index (χ4n) is 2.69. The molecule has 0 aliphatic rings. The molecule has 0 bridgehead atoms. The number of amides is 1. The summed E-state index contributed by atoms with van der Waals surface area (Å²) in [7, 11) is 1.58. The fraction of sp³-hybridized carbons (Fsp3) is 0.0455. The number of hydrogen-bond donors (Lipinski definition) is 1. The van der Waals surface area contributed by atoms with Gasteiger partial charge in [-0.1, -0.05) is 0 Å². The van der Waals surface area contributed by atoms with E-state index < -0.39 is 0 Å². The summed E-state index contributed by atoms with van der Waals surface area (Å²) in [6.07, 6.45) is 5.24. The van der Waals surface area contributed by atoms with E-state index in [0.717, 1.165) is 0 Å². The normalized spacial score (nSPS) is 10.4. The molecule has 0 aliphatic carbocycles. The SMILES string of the molecule is COc1ccc(C(=O)Nc2ccc(Oc3cc(-n4cccc4)ncn3)cc2)cc1. The molecule has 2 aromatic heterocycles. The highest BCUT2D eigenvalue weighted by Gasteiger charge is 2.07. The minimum atomic E-state index is -0.200. The average Bonchev–Trinajstić information content (AvgIpc) is 3.30. The van der Waals surface area contributed by atoms with Gasteiger partial charge < -0.3 is 19.4 Å². The summed E-state index contributed by atoms with van der Waals surface area (Å²) in [5, 5.41) is 2.85. The summed E-state index contributed by atoms with van der Waals surface area (Å²) in [6, 6.07) is 19.6. The summed E-state index contributed by atoms with van der Waals surface area (Å²) in [4.78, 5) is 20.7. The first-order valence-electron chi connectivity index (χ1n) is 8.90. The molecule has 7 nitrogen and oxygen atoms in total. The van der Waals surface area contributed by atoms with Crippen molar-refractivity contribution in [1.82, 2.24) is 14.5 Å². The second-order valence-corrected chi connectivity index (χ2v) is 6.11. The van der Waals surface area contributed by atoms with E-state index in [4.69, 9.17) is 9.47 Å². The monoisotopic (exact) mass is 386 g/mol. The lowest BCUT2D eigenvalue weighted by atomic mass is 10.2. The Labute approximate surface area is 167 Å². The van der Waals surface area contributed by atoms with Gasteiger partial charge in [-0.05, 0) is 60.7 Å². The zero-order chi connectivity index (χ0) is 20.1. The first-order valence-corrected chi connectivity index (χ1v) is 8.90. The third kappa shape index (κ3) is 4.41. The summed E-state index contributed by atoms with van der Waals surface area (Å²) in [5.41, 5.74) is 1.21. The van der Waals surface area contributed by atoms with Crippen molar-refractivity contribution in [2.45, 2.75) is 0 Å². The first-order chi connectivity index (χ1) is 14.2. The van der Waals surface area contributed by atoms with Gasteiger partial charge in [-0.15, -0.1) is 0 Å². The number of aromatic nitrogens is 3. The molecule has 4 aromatic rings. The largest absolute Gasteiger partial charge is 0.497 e. The maximum atomic E-state index is 12.3. The summed E-state index contributed by atoms with van der Waals surface area (Å²) in [5.74, 6) is 2.24. The van der Waals surface area contributed by atoms with Crippen LogP contribution in [0.25, 0.3) is 5.82 Å². The predicted molar refractivity (Wildman–Crippen MR) is 109 cm³/mol. The highest BCUT2D eigenvalue weighted by atomic mass is 16.5. The summed E-state index contributed by atoms with van der Waals surface area (Å²) in [6.45, 7) is 0. The summed E-state index contributed by atoms with van der Waals surface area (Å²) >= 11 is 0. The Kier molecular flexibility index (Phi) is 5.20. The zero-order valence-electron chi connectivity index (χ0n) is 15.6. The quantitative estimate of drug-likeness (QED) is 0.534. The number of benzene rings is 2. The van der Waals surface area contributed by atoms with E-state index in [-0.39, 0.29) is 5.91 Å². The molecule has 0 fully saturated rings. The number of carbonyl (C=O) groups is 1. The minimum absolute atomic E-state index is 0.200. The summed E-state index contributed by atoms with van der Waals surface area (Å²) < 4.78 is 12.8. The van der Waals surface area contributed by atoms with Crippen LogP contribution in [0.4, 0.5) is 5.69 Å². The van der Waals surface area contributed by atoms with Crippen molar-refractivity contribution in [2.24, 2.45) is 0 Å². The van der Waals surface area contributed by atoms with E-state index in [1.165, 1.54) is 6.33 Å². The Hall–Kier alpha value is -4.13. The Bertz CT molecular complexity index is 1090. The van der Waals surface area contributed by atoms with Crippen LogP contribution in [0.2, 0.25) is 0 Å². The van der Waals surface area contributed by atoms with Gasteiger partial charge in [0, 0.05) is 29.7 Å². The van der Waals surface area contributed by atoms with Gasteiger partial charge in [0.15, 0.2) is 0 Å². The molecule has 4 rings (SSSR count). The number of anilines is 1. The van der Waals surface area contributed by atoms with Crippen molar-refractivity contribution in [3.05, 3.63) is 91.0 Å². The van der Waals surface area contributed by atoms with Crippen LogP contribution in [0.5, 0.6) is 17.4 Å². The van der Waals surface area contributed by atoms with Crippen molar-refractivity contribution in [3.63, 3.8) is 0 Å². The van der Waals surface area contributed by atoms with Crippen LogP contribution in [-0.2, 0) is 0 Å². The maximum absolute atomic E-state index is 12.3. The first kappa shape index (κ1) is 18.2. The molecule has 0 unspecified atom stereocenters. The standard InChI is InChI=1S/C22H18N4O3/c1-28-18-8-4-16(5-9-18)22(27)25-17-6-10-19(11-7-17)29-21-14-20(23-15-24-21)26-12-2-3-13-26/h2-15H,1H3,(H,25,27). The Balaban J connectivity index is 1.41. The molecule has 0 aliphatic heterocycles. The predicted octanol–water partition coefficient (Wildman–Crippen LogP) is 4.32. The van der Waals surface area contributed by atoms with Crippen LogP contribution in [0.1, 0.15) is 10.4 Å². The number of nitrogens with zero attached hydrogens (tertiary/aromatic N) is 3. The molecule has 0 saturated carbocycles. The van der Waals surface area contributed by atoms with Crippen molar-refractivity contribution < 1.29 is 14.3 Å². The Morgan fingerprint density at radius 2 is 1.62 bits per heavy atom. The molecular weight excluding hydrogens is 368 g/mol. The third-order valence-corrected chi connectivity index (χ3v) is 4.18. The van der Waals surface area contributed by atoms with Crippen LogP contribution in [0.15, 0.2) is 85.5 Å².